The van der Waals surface area contributed by atoms with Crippen molar-refractivity contribution in [1.82, 2.24) is 10.3 Å². The van der Waals surface area contributed by atoms with E-state index in [1.807, 2.05) is 25.3 Å². The summed E-state index contributed by atoms with van der Waals surface area (Å²) in [6.45, 7) is 5.73. The highest BCUT2D eigenvalue weighted by molar-refractivity contribution is 7.11. The van der Waals surface area contributed by atoms with Crippen LogP contribution >= 0.6 is 11.3 Å². The standard InChI is InChI=1S/C15H20N2O2S/c1-10-5-14(18-3)15(19-4)6-12(10)7-16-8-13-9-17-11(2)20-13/h5-6,9,16H,7-8H2,1-4H3. The molecule has 0 saturated heterocycles. The molecule has 1 aromatic heterocycles. The van der Waals surface area contributed by atoms with Crippen molar-refractivity contribution < 1.29 is 9.47 Å². The highest BCUT2D eigenvalue weighted by atomic mass is 32.1. The largest absolute Gasteiger partial charge is 0.493 e. The minimum Gasteiger partial charge on any atom is -0.493 e. The zero-order chi connectivity index (χ0) is 14.5. The predicted molar refractivity (Wildman–Crippen MR) is 81.7 cm³/mol. The molecule has 1 aromatic carbocycles. The van der Waals surface area contributed by atoms with Crippen LogP contribution in [0.15, 0.2) is 18.3 Å². The van der Waals surface area contributed by atoms with E-state index in [2.05, 4.69) is 17.2 Å². The molecule has 1 N–H and O–H groups in total. The number of methoxy groups -OCH3 is 2. The van der Waals surface area contributed by atoms with E-state index in [0.717, 1.165) is 29.6 Å². The predicted octanol–water partition coefficient (Wildman–Crippen LogP) is 3.07. The second-order valence-electron chi connectivity index (χ2n) is 4.58. The van der Waals surface area contributed by atoms with Crippen LogP contribution in [-0.2, 0) is 13.1 Å². The van der Waals surface area contributed by atoms with Crippen molar-refractivity contribution in [3.63, 3.8) is 0 Å². The summed E-state index contributed by atoms with van der Waals surface area (Å²) in [5, 5.41) is 4.54. The molecular formula is C15H20N2O2S. The number of rotatable bonds is 6. The van der Waals surface area contributed by atoms with Crippen molar-refractivity contribution in [2.75, 3.05) is 14.2 Å². The molecule has 0 radical (unpaired) electrons. The third-order valence-electron chi connectivity index (χ3n) is 3.13. The molecule has 0 aliphatic heterocycles. The summed E-state index contributed by atoms with van der Waals surface area (Å²) in [6.07, 6.45) is 1.93. The molecule has 0 atom stereocenters. The van der Waals surface area contributed by atoms with Gasteiger partial charge in [-0.3, -0.25) is 0 Å². The molecule has 0 fully saturated rings. The van der Waals surface area contributed by atoms with E-state index in [-0.39, 0.29) is 0 Å². The SMILES string of the molecule is COc1cc(C)c(CNCc2cnc(C)s2)cc1OC. The lowest BCUT2D eigenvalue weighted by Crippen LogP contribution is -2.13. The molecule has 2 aromatic rings. The highest BCUT2D eigenvalue weighted by Gasteiger charge is 2.08. The fraction of sp³-hybridized carbons (Fsp3) is 0.400. The maximum atomic E-state index is 5.34. The summed E-state index contributed by atoms with van der Waals surface area (Å²) in [5.74, 6) is 1.54. The van der Waals surface area contributed by atoms with Gasteiger partial charge < -0.3 is 14.8 Å². The normalized spacial score (nSPS) is 10.6. The van der Waals surface area contributed by atoms with E-state index in [1.54, 1.807) is 25.6 Å². The third kappa shape index (κ3) is 3.49. The number of benzene rings is 1. The van der Waals surface area contributed by atoms with Crippen molar-refractivity contribution in [3.8, 4) is 11.5 Å². The minimum absolute atomic E-state index is 0.767. The Balaban J connectivity index is 2.02. The molecule has 2 rings (SSSR count). The van der Waals surface area contributed by atoms with Crippen LogP contribution in [0.3, 0.4) is 0 Å². The van der Waals surface area contributed by atoms with Crippen LogP contribution in [-0.4, -0.2) is 19.2 Å². The lowest BCUT2D eigenvalue weighted by molar-refractivity contribution is 0.354. The Morgan fingerprint density at radius 1 is 1.10 bits per heavy atom. The summed E-state index contributed by atoms with van der Waals surface area (Å²) < 4.78 is 10.6. The smallest absolute Gasteiger partial charge is 0.161 e. The van der Waals surface area contributed by atoms with E-state index >= 15 is 0 Å². The first kappa shape index (κ1) is 14.8. The van der Waals surface area contributed by atoms with E-state index in [9.17, 15) is 0 Å². The summed E-state index contributed by atoms with van der Waals surface area (Å²) in [6, 6.07) is 4.03. The summed E-state index contributed by atoms with van der Waals surface area (Å²) in [4.78, 5) is 5.50. The van der Waals surface area contributed by atoms with E-state index in [0.29, 0.717) is 0 Å². The second-order valence-corrected chi connectivity index (χ2v) is 5.90. The van der Waals surface area contributed by atoms with Gasteiger partial charge >= 0.3 is 0 Å². The van der Waals surface area contributed by atoms with Gasteiger partial charge in [0.05, 0.1) is 19.2 Å². The average molecular weight is 292 g/mol. The zero-order valence-corrected chi connectivity index (χ0v) is 13.1. The van der Waals surface area contributed by atoms with Crippen LogP contribution in [0.2, 0.25) is 0 Å². The highest BCUT2D eigenvalue weighted by Crippen LogP contribution is 2.30. The molecule has 20 heavy (non-hydrogen) atoms. The quantitative estimate of drug-likeness (QED) is 0.888. The van der Waals surface area contributed by atoms with E-state index in [4.69, 9.17) is 9.47 Å². The van der Waals surface area contributed by atoms with Gasteiger partial charge in [-0.05, 0) is 37.1 Å². The number of nitrogens with one attached hydrogen (secondary N) is 1. The number of hydrogen-bond acceptors (Lipinski definition) is 5. The molecule has 0 spiro atoms. The Morgan fingerprint density at radius 3 is 2.40 bits per heavy atom. The topological polar surface area (TPSA) is 43.4 Å². The van der Waals surface area contributed by atoms with Gasteiger partial charge in [0.15, 0.2) is 11.5 Å². The first-order valence-corrected chi connectivity index (χ1v) is 7.29. The zero-order valence-electron chi connectivity index (χ0n) is 12.3. The number of nitrogens with zero attached hydrogens (tertiary/aromatic N) is 1. The van der Waals surface area contributed by atoms with Gasteiger partial charge in [0.2, 0.25) is 0 Å². The maximum Gasteiger partial charge on any atom is 0.161 e. The van der Waals surface area contributed by atoms with Crippen molar-refractivity contribution in [3.05, 3.63) is 39.3 Å². The number of thiazole rings is 1. The molecule has 0 unspecified atom stereocenters. The molecule has 1 heterocycles. The third-order valence-corrected chi connectivity index (χ3v) is 4.04. The minimum atomic E-state index is 0.767. The number of aromatic nitrogens is 1. The van der Waals surface area contributed by atoms with Gasteiger partial charge in [-0.2, -0.15) is 0 Å². The molecule has 5 heteroatoms. The Kier molecular flexibility index (Phi) is 4.98. The van der Waals surface area contributed by atoms with Crippen molar-refractivity contribution in [2.24, 2.45) is 0 Å². The van der Waals surface area contributed by atoms with Crippen LogP contribution in [0, 0.1) is 13.8 Å². The fourth-order valence-corrected chi connectivity index (χ4v) is 2.79. The van der Waals surface area contributed by atoms with Crippen LogP contribution in [0.1, 0.15) is 21.0 Å². The second kappa shape index (κ2) is 6.72. The summed E-state index contributed by atoms with van der Waals surface area (Å²) in [5.41, 5.74) is 2.40. The first-order chi connectivity index (χ1) is 9.63. The van der Waals surface area contributed by atoms with Crippen LogP contribution < -0.4 is 14.8 Å². The summed E-state index contributed by atoms with van der Waals surface area (Å²) in [7, 11) is 3.31. The van der Waals surface area contributed by atoms with Crippen LogP contribution in [0.25, 0.3) is 0 Å². The number of hydrogen-bond donors (Lipinski definition) is 1. The Morgan fingerprint density at radius 2 is 1.80 bits per heavy atom. The Bertz CT molecular complexity index is 581. The number of ether oxygens (including phenoxy) is 2. The Labute approximate surface area is 123 Å². The Hall–Kier alpha value is -1.59. The van der Waals surface area contributed by atoms with Crippen molar-refractivity contribution >= 4 is 11.3 Å². The first-order valence-electron chi connectivity index (χ1n) is 6.47. The monoisotopic (exact) mass is 292 g/mol. The van der Waals surface area contributed by atoms with Crippen LogP contribution in [0.5, 0.6) is 11.5 Å². The van der Waals surface area contributed by atoms with Crippen molar-refractivity contribution in [2.45, 2.75) is 26.9 Å². The molecule has 0 bridgehead atoms. The molecule has 0 saturated carbocycles. The van der Waals surface area contributed by atoms with Gasteiger partial charge in [0.1, 0.15) is 0 Å². The molecule has 0 aliphatic carbocycles. The van der Waals surface area contributed by atoms with E-state index in [1.165, 1.54) is 16.0 Å². The average Bonchev–Trinajstić information content (AvgIpc) is 2.85. The molecule has 108 valence electrons. The number of aryl methyl sites for hydroxylation is 2. The summed E-state index contributed by atoms with van der Waals surface area (Å²) >= 11 is 1.72. The molecular weight excluding hydrogens is 272 g/mol. The van der Waals surface area contributed by atoms with E-state index < -0.39 is 0 Å². The van der Waals surface area contributed by atoms with Gasteiger partial charge in [0, 0.05) is 24.2 Å². The van der Waals surface area contributed by atoms with Gasteiger partial charge in [0.25, 0.3) is 0 Å². The van der Waals surface area contributed by atoms with Crippen LogP contribution in [0.4, 0.5) is 0 Å². The molecule has 0 amide bonds. The van der Waals surface area contributed by atoms with Crippen molar-refractivity contribution in [1.29, 1.82) is 0 Å². The van der Waals surface area contributed by atoms with Gasteiger partial charge in [-0.25, -0.2) is 4.98 Å². The lowest BCUT2D eigenvalue weighted by atomic mass is 10.1. The van der Waals surface area contributed by atoms with Gasteiger partial charge in [-0.15, -0.1) is 11.3 Å². The molecule has 4 nitrogen and oxygen atoms in total. The van der Waals surface area contributed by atoms with Gasteiger partial charge in [-0.1, -0.05) is 0 Å². The molecule has 0 aliphatic rings. The fourth-order valence-electron chi connectivity index (χ4n) is 2.02. The maximum absolute atomic E-state index is 5.34. The lowest BCUT2D eigenvalue weighted by Gasteiger charge is -2.13.